The maximum atomic E-state index is 10.6. The summed E-state index contributed by atoms with van der Waals surface area (Å²) >= 11 is 0. The van der Waals surface area contributed by atoms with Crippen LogP contribution in [-0.2, 0) is 11.2 Å². The summed E-state index contributed by atoms with van der Waals surface area (Å²) in [6.45, 7) is 1.98. The Labute approximate surface area is 77.2 Å². The van der Waals surface area contributed by atoms with Gasteiger partial charge < -0.3 is 10.8 Å². The van der Waals surface area contributed by atoms with Crippen LogP contribution in [0.2, 0.25) is 0 Å². The first kappa shape index (κ1) is 9.74. The molecule has 0 aliphatic carbocycles. The lowest BCUT2D eigenvalue weighted by Crippen LogP contribution is -2.21. The van der Waals surface area contributed by atoms with Crippen molar-refractivity contribution in [3.63, 3.8) is 0 Å². The topological polar surface area (TPSA) is 63.3 Å². The van der Waals surface area contributed by atoms with E-state index in [1.807, 2.05) is 19.1 Å². The van der Waals surface area contributed by atoms with Gasteiger partial charge in [0.05, 0.1) is 0 Å². The van der Waals surface area contributed by atoms with E-state index in [-0.39, 0.29) is 0 Å². The van der Waals surface area contributed by atoms with Gasteiger partial charge in [0.1, 0.15) is 6.04 Å². The van der Waals surface area contributed by atoms with Crippen LogP contribution in [-0.4, -0.2) is 11.1 Å². The molecule has 0 aromatic heterocycles. The molecule has 0 spiro atoms. The molecule has 1 unspecified atom stereocenters. The van der Waals surface area contributed by atoms with Gasteiger partial charge in [0.15, 0.2) is 0 Å². The summed E-state index contributed by atoms with van der Waals surface area (Å²) in [5, 5.41) is 8.73. The number of carboxylic acids is 1. The Hall–Kier alpha value is -1.35. The minimum atomic E-state index is -0.985. The van der Waals surface area contributed by atoms with Crippen molar-refractivity contribution >= 4 is 5.97 Å². The fourth-order valence-electron chi connectivity index (χ4n) is 1.29. The van der Waals surface area contributed by atoms with Crippen molar-refractivity contribution in [3.8, 4) is 0 Å². The maximum absolute atomic E-state index is 10.6. The second-order valence-electron chi connectivity index (χ2n) is 2.87. The largest absolute Gasteiger partial charge is 0.480 e. The maximum Gasteiger partial charge on any atom is 0.325 e. The second-order valence-corrected chi connectivity index (χ2v) is 2.87. The van der Waals surface area contributed by atoms with Crippen molar-refractivity contribution < 1.29 is 9.90 Å². The van der Waals surface area contributed by atoms with Crippen LogP contribution in [0, 0.1) is 0 Å². The molecule has 13 heavy (non-hydrogen) atoms. The van der Waals surface area contributed by atoms with Gasteiger partial charge in [-0.05, 0) is 17.5 Å². The summed E-state index contributed by atoms with van der Waals surface area (Å²) in [6, 6.07) is 6.44. The van der Waals surface area contributed by atoms with E-state index in [2.05, 4.69) is 0 Å². The zero-order valence-electron chi connectivity index (χ0n) is 7.53. The third-order valence-corrected chi connectivity index (χ3v) is 2.04. The van der Waals surface area contributed by atoms with Gasteiger partial charge >= 0.3 is 5.97 Å². The molecule has 0 bridgehead atoms. The van der Waals surface area contributed by atoms with Gasteiger partial charge in [-0.25, -0.2) is 0 Å². The van der Waals surface area contributed by atoms with Crippen LogP contribution < -0.4 is 5.73 Å². The third kappa shape index (κ3) is 2.06. The summed E-state index contributed by atoms with van der Waals surface area (Å²) < 4.78 is 0. The van der Waals surface area contributed by atoms with Gasteiger partial charge in [-0.15, -0.1) is 0 Å². The number of carboxylic acid groups (broad SMARTS) is 1. The number of carbonyl (C=O) groups is 1. The number of nitrogens with two attached hydrogens (primary N) is 1. The van der Waals surface area contributed by atoms with Crippen molar-refractivity contribution in [3.05, 3.63) is 35.4 Å². The van der Waals surface area contributed by atoms with Crippen LogP contribution in [0.15, 0.2) is 24.3 Å². The quantitative estimate of drug-likeness (QED) is 0.735. The van der Waals surface area contributed by atoms with Gasteiger partial charge in [-0.3, -0.25) is 4.79 Å². The predicted octanol–water partition coefficient (Wildman–Crippen LogP) is 1.33. The standard InChI is InChI=1S/C10H13NO2/c1-2-7-5-3-4-6-8(7)9(11)10(12)13/h3-6,9H,2,11H2,1H3,(H,12,13). The predicted molar refractivity (Wildman–Crippen MR) is 50.4 cm³/mol. The fourth-order valence-corrected chi connectivity index (χ4v) is 1.29. The molecule has 0 saturated carbocycles. The highest BCUT2D eigenvalue weighted by Crippen LogP contribution is 2.16. The van der Waals surface area contributed by atoms with Crippen molar-refractivity contribution in [2.24, 2.45) is 5.73 Å². The molecule has 3 nitrogen and oxygen atoms in total. The van der Waals surface area contributed by atoms with Crippen molar-refractivity contribution in [1.29, 1.82) is 0 Å². The van der Waals surface area contributed by atoms with Crippen LogP contribution in [0.3, 0.4) is 0 Å². The molecule has 1 rings (SSSR count). The van der Waals surface area contributed by atoms with Gasteiger partial charge in [-0.2, -0.15) is 0 Å². The molecule has 0 aliphatic heterocycles. The lowest BCUT2D eigenvalue weighted by Gasteiger charge is -2.10. The summed E-state index contributed by atoms with van der Waals surface area (Å²) in [5.41, 5.74) is 7.22. The normalized spacial score (nSPS) is 12.5. The zero-order chi connectivity index (χ0) is 9.84. The molecule has 70 valence electrons. The highest BCUT2D eigenvalue weighted by molar-refractivity contribution is 5.75. The number of hydrogen-bond donors (Lipinski definition) is 2. The molecule has 0 radical (unpaired) electrons. The molecule has 3 heteroatoms. The molecule has 1 aromatic carbocycles. The number of rotatable bonds is 3. The van der Waals surface area contributed by atoms with E-state index in [9.17, 15) is 4.79 Å². The van der Waals surface area contributed by atoms with E-state index >= 15 is 0 Å². The number of hydrogen-bond acceptors (Lipinski definition) is 2. The number of aryl methyl sites for hydroxylation is 1. The third-order valence-electron chi connectivity index (χ3n) is 2.04. The summed E-state index contributed by atoms with van der Waals surface area (Å²) in [6.07, 6.45) is 0.803. The van der Waals surface area contributed by atoms with Crippen molar-refractivity contribution in [2.45, 2.75) is 19.4 Å². The summed E-state index contributed by atoms with van der Waals surface area (Å²) in [4.78, 5) is 10.6. The molecule has 0 saturated heterocycles. The van der Waals surface area contributed by atoms with Crippen molar-refractivity contribution in [1.82, 2.24) is 0 Å². The summed E-state index contributed by atoms with van der Waals surface area (Å²) in [7, 11) is 0. The summed E-state index contributed by atoms with van der Waals surface area (Å²) in [5.74, 6) is -0.985. The van der Waals surface area contributed by atoms with E-state index in [0.29, 0.717) is 5.56 Å². The second kappa shape index (κ2) is 4.05. The van der Waals surface area contributed by atoms with Crippen LogP contribution in [0.1, 0.15) is 24.1 Å². The van der Waals surface area contributed by atoms with E-state index in [0.717, 1.165) is 12.0 Å². The molecule has 0 aliphatic rings. The first-order valence-electron chi connectivity index (χ1n) is 4.23. The van der Waals surface area contributed by atoms with Gasteiger partial charge in [0, 0.05) is 0 Å². The number of benzene rings is 1. The van der Waals surface area contributed by atoms with E-state index in [1.54, 1.807) is 12.1 Å². The average Bonchev–Trinajstić information content (AvgIpc) is 2.16. The van der Waals surface area contributed by atoms with Crippen LogP contribution in [0.25, 0.3) is 0 Å². The Morgan fingerprint density at radius 3 is 2.69 bits per heavy atom. The molecule has 0 fully saturated rings. The Morgan fingerprint density at radius 2 is 2.15 bits per heavy atom. The smallest absolute Gasteiger partial charge is 0.325 e. The highest BCUT2D eigenvalue weighted by atomic mass is 16.4. The zero-order valence-corrected chi connectivity index (χ0v) is 7.53. The number of aliphatic carboxylic acids is 1. The van der Waals surface area contributed by atoms with E-state index < -0.39 is 12.0 Å². The Balaban J connectivity index is 3.05. The van der Waals surface area contributed by atoms with Crippen molar-refractivity contribution in [2.75, 3.05) is 0 Å². The first-order valence-corrected chi connectivity index (χ1v) is 4.23. The molecular formula is C10H13NO2. The monoisotopic (exact) mass is 179 g/mol. The minimum Gasteiger partial charge on any atom is -0.480 e. The lowest BCUT2D eigenvalue weighted by molar-refractivity contribution is -0.138. The Morgan fingerprint density at radius 1 is 1.54 bits per heavy atom. The van der Waals surface area contributed by atoms with Crippen LogP contribution in [0.5, 0.6) is 0 Å². The molecule has 3 N–H and O–H groups in total. The average molecular weight is 179 g/mol. The molecular weight excluding hydrogens is 166 g/mol. The first-order chi connectivity index (χ1) is 6.16. The van der Waals surface area contributed by atoms with Gasteiger partial charge in [0.25, 0.3) is 0 Å². The minimum absolute atomic E-state index is 0.706. The molecule has 1 aromatic rings. The van der Waals surface area contributed by atoms with E-state index in [1.165, 1.54) is 0 Å². The van der Waals surface area contributed by atoms with Gasteiger partial charge in [0.2, 0.25) is 0 Å². The van der Waals surface area contributed by atoms with Crippen LogP contribution in [0.4, 0.5) is 0 Å². The van der Waals surface area contributed by atoms with E-state index in [4.69, 9.17) is 10.8 Å². The Kier molecular flexibility index (Phi) is 3.03. The molecule has 0 amide bonds. The Bertz CT molecular complexity index is 310. The van der Waals surface area contributed by atoms with Crippen LogP contribution >= 0.6 is 0 Å². The molecule has 1 atom stereocenters. The van der Waals surface area contributed by atoms with Gasteiger partial charge in [-0.1, -0.05) is 31.2 Å². The SMILES string of the molecule is CCc1ccccc1C(N)C(=O)O. The highest BCUT2D eigenvalue weighted by Gasteiger charge is 2.16. The lowest BCUT2D eigenvalue weighted by atomic mass is 9.99. The molecule has 0 heterocycles. The fraction of sp³-hybridized carbons (Fsp3) is 0.300.